The van der Waals surface area contributed by atoms with Crippen molar-refractivity contribution in [3.63, 3.8) is 0 Å². The maximum Gasteiger partial charge on any atom is 0.286 e. The third-order valence-electron chi connectivity index (χ3n) is 2.88. The summed E-state index contributed by atoms with van der Waals surface area (Å²) in [7, 11) is 0. The normalized spacial score (nSPS) is 10.6. The van der Waals surface area contributed by atoms with Crippen LogP contribution in [0, 0.1) is 0 Å². The zero-order valence-electron chi connectivity index (χ0n) is 12.9. The van der Waals surface area contributed by atoms with Crippen molar-refractivity contribution in [1.82, 2.24) is 21.2 Å². The van der Waals surface area contributed by atoms with Gasteiger partial charge in [-0.15, -0.1) is 0 Å². The number of carbonyl (C=O) groups is 3. The molecule has 2 aromatic rings. The van der Waals surface area contributed by atoms with E-state index in [1.165, 1.54) is 25.4 Å². The molecule has 0 bridgehead atoms. The Labute approximate surface area is 138 Å². The van der Waals surface area contributed by atoms with Crippen LogP contribution in [-0.4, -0.2) is 22.7 Å². The molecule has 7 heteroatoms. The maximum absolute atomic E-state index is 12.2. The van der Waals surface area contributed by atoms with E-state index in [1.54, 1.807) is 36.4 Å². The van der Waals surface area contributed by atoms with E-state index in [-0.39, 0.29) is 5.70 Å². The van der Waals surface area contributed by atoms with Crippen LogP contribution in [0.25, 0.3) is 6.08 Å². The number of nitrogens with one attached hydrogen (secondary N) is 3. The Morgan fingerprint density at radius 2 is 1.75 bits per heavy atom. The molecule has 122 valence electrons. The predicted molar refractivity (Wildman–Crippen MR) is 88.1 cm³/mol. The summed E-state index contributed by atoms with van der Waals surface area (Å²) in [6, 6.07) is 12.2. The Kier molecular flexibility index (Phi) is 5.79. The Hall–Kier alpha value is -3.48. The van der Waals surface area contributed by atoms with E-state index in [0.717, 1.165) is 5.56 Å². The fourth-order valence-corrected chi connectivity index (χ4v) is 1.81. The van der Waals surface area contributed by atoms with E-state index in [4.69, 9.17) is 0 Å². The number of nitrogens with zero attached hydrogens (tertiary/aromatic N) is 1. The zero-order chi connectivity index (χ0) is 17.4. The average Bonchev–Trinajstić information content (AvgIpc) is 2.60. The minimum Gasteiger partial charge on any atom is -0.322 e. The number of carbonyl (C=O) groups excluding carboxylic acids is 3. The highest BCUT2D eigenvalue weighted by Crippen LogP contribution is 2.05. The van der Waals surface area contributed by atoms with Gasteiger partial charge in [0.15, 0.2) is 0 Å². The Balaban J connectivity index is 2.07. The SMILES string of the molecule is CC(=O)N/C(=C\c1ccccc1)C(=O)NNC(=O)c1cccnc1. The minimum absolute atomic E-state index is 0.0141. The van der Waals surface area contributed by atoms with Crippen molar-refractivity contribution in [3.05, 3.63) is 71.7 Å². The molecule has 7 nitrogen and oxygen atoms in total. The summed E-state index contributed by atoms with van der Waals surface area (Å²) >= 11 is 0. The first-order chi connectivity index (χ1) is 11.6. The van der Waals surface area contributed by atoms with Gasteiger partial charge in [-0.3, -0.25) is 30.2 Å². The number of pyridine rings is 1. The smallest absolute Gasteiger partial charge is 0.286 e. The molecule has 0 aliphatic heterocycles. The third kappa shape index (κ3) is 5.06. The molecule has 24 heavy (non-hydrogen) atoms. The van der Waals surface area contributed by atoms with Crippen molar-refractivity contribution in [1.29, 1.82) is 0 Å². The Morgan fingerprint density at radius 3 is 2.38 bits per heavy atom. The van der Waals surface area contributed by atoms with Gasteiger partial charge in [0.1, 0.15) is 5.70 Å². The van der Waals surface area contributed by atoms with Crippen LogP contribution >= 0.6 is 0 Å². The first-order valence-corrected chi connectivity index (χ1v) is 7.11. The number of benzene rings is 1. The van der Waals surface area contributed by atoms with E-state index in [9.17, 15) is 14.4 Å². The summed E-state index contributed by atoms with van der Waals surface area (Å²) in [5, 5.41) is 2.44. The number of amides is 3. The molecular formula is C17H16N4O3. The number of hydrazine groups is 1. The quantitative estimate of drug-likeness (QED) is 0.577. The molecule has 0 radical (unpaired) electrons. The number of aromatic nitrogens is 1. The molecule has 3 N–H and O–H groups in total. The van der Waals surface area contributed by atoms with Gasteiger partial charge in [0.25, 0.3) is 11.8 Å². The highest BCUT2D eigenvalue weighted by molar-refractivity contribution is 6.02. The summed E-state index contributed by atoms with van der Waals surface area (Å²) in [4.78, 5) is 39.2. The van der Waals surface area contributed by atoms with Gasteiger partial charge in [0.05, 0.1) is 5.56 Å². The minimum atomic E-state index is -0.647. The van der Waals surface area contributed by atoms with Gasteiger partial charge >= 0.3 is 0 Å². The molecule has 0 atom stereocenters. The lowest BCUT2D eigenvalue weighted by Crippen LogP contribution is -2.45. The highest BCUT2D eigenvalue weighted by Gasteiger charge is 2.13. The third-order valence-corrected chi connectivity index (χ3v) is 2.88. The van der Waals surface area contributed by atoms with Crippen LogP contribution in [0.15, 0.2) is 60.6 Å². The lowest BCUT2D eigenvalue weighted by atomic mass is 10.2. The molecule has 1 heterocycles. The van der Waals surface area contributed by atoms with Gasteiger partial charge in [0, 0.05) is 19.3 Å². The molecule has 0 aliphatic carbocycles. The number of hydrogen-bond donors (Lipinski definition) is 3. The van der Waals surface area contributed by atoms with E-state index < -0.39 is 17.7 Å². The van der Waals surface area contributed by atoms with Gasteiger partial charge in [-0.2, -0.15) is 0 Å². The predicted octanol–water partition coefficient (Wildman–Crippen LogP) is 1.02. The Bertz CT molecular complexity index is 758. The van der Waals surface area contributed by atoms with Gasteiger partial charge in [0.2, 0.25) is 5.91 Å². The molecule has 0 unspecified atom stereocenters. The largest absolute Gasteiger partial charge is 0.322 e. The second kappa shape index (κ2) is 8.23. The van der Waals surface area contributed by atoms with E-state index in [1.807, 2.05) is 6.07 Å². The second-order valence-corrected chi connectivity index (χ2v) is 4.80. The van der Waals surface area contributed by atoms with Crippen LogP contribution in [0.5, 0.6) is 0 Å². The van der Waals surface area contributed by atoms with Crippen LogP contribution < -0.4 is 16.2 Å². The molecular weight excluding hydrogens is 308 g/mol. The van der Waals surface area contributed by atoms with Gasteiger partial charge in [-0.25, -0.2) is 0 Å². The Morgan fingerprint density at radius 1 is 1.00 bits per heavy atom. The van der Waals surface area contributed by atoms with Crippen molar-refractivity contribution in [3.8, 4) is 0 Å². The summed E-state index contributed by atoms with van der Waals surface area (Å²) < 4.78 is 0. The van der Waals surface area contributed by atoms with E-state index >= 15 is 0 Å². The monoisotopic (exact) mass is 324 g/mol. The van der Waals surface area contributed by atoms with Gasteiger partial charge in [-0.1, -0.05) is 30.3 Å². The van der Waals surface area contributed by atoms with E-state index in [2.05, 4.69) is 21.2 Å². The van der Waals surface area contributed by atoms with Crippen LogP contribution in [0.2, 0.25) is 0 Å². The lowest BCUT2D eigenvalue weighted by Gasteiger charge is -2.10. The van der Waals surface area contributed by atoms with Crippen molar-refractivity contribution in [2.75, 3.05) is 0 Å². The summed E-state index contributed by atoms with van der Waals surface area (Å²) in [6.07, 6.45) is 4.41. The van der Waals surface area contributed by atoms with Crippen LogP contribution in [0.1, 0.15) is 22.8 Å². The fourth-order valence-electron chi connectivity index (χ4n) is 1.81. The molecule has 2 rings (SSSR count). The van der Waals surface area contributed by atoms with Crippen molar-refractivity contribution < 1.29 is 14.4 Å². The summed E-state index contributed by atoms with van der Waals surface area (Å²) in [5.74, 6) is -1.56. The standard InChI is InChI=1S/C17H16N4O3/c1-12(22)19-15(10-13-6-3-2-4-7-13)17(24)21-20-16(23)14-8-5-9-18-11-14/h2-11H,1H3,(H,19,22)(H,20,23)(H,21,24)/b15-10-. The van der Waals surface area contributed by atoms with Crippen LogP contribution in [0.3, 0.4) is 0 Å². The van der Waals surface area contributed by atoms with Crippen molar-refractivity contribution >= 4 is 23.8 Å². The highest BCUT2D eigenvalue weighted by atomic mass is 16.2. The number of hydrogen-bond acceptors (Lipinski definition) is 4. The van der Waals surface area contributed by atoms with Crippen molar-refractivity contribution in [2.24, 2.45) is 0 Å². The van der Waals surface area contributed by atoms with Gasteiger partial charge in [-0.05, 0) is 23.8 Å². The molecule has 0 spiro atoms. The molecule has 0 saturated carbocycles. The fraction of sp³-hybridized carbons (Fsp3) is 0.0588. The molecule has 1 aromatic carbocycles. The van der Waals surface area contributed by atoms with E-state index in [0.29, 0.717) is 5.56 Å². The lowest BCUT2D eigenvalue weighted by molar-refractivity contribution is -0.122. The van der Waals surface area contributed by atoms with Crippen LogP contribution in [-0.2, 0) is 9.59 Å². The topological polar surface area (TPSA) is 100 Å². The summed E-state index contributed by atoms with van der Waals surface area (Å²) in [6.45, 7) is 1.29. The van der Waals surface area contributed by atoms with Crippen LogP contribution in [0.4, 0.5) is 0 Å². The molecule has 1 aromatic heterocycles. The van der Waals surface area contributed by atoms with Crippen molar-refractivity contribution in [2.45, 2.75) is 6.92 Å². The summed E-state index contributed by atoms with van der Waals surface area (Å²) in [5.41, 5.74) is 5.57. The number of rotatable bonds is 4. The second-order valence-electron chi connectivity index (χ2n) is 4.80. The molecule has 0 saturated heterocycles. The molecule has 0 fully saturated rings. The van der Waals surface area contributed by atoms with Gasteiger partial charge < -0.3 is 5.32 Å². The average molecular weight is 324 g/mol. The first-order valence-electron chi connectivity index (χ1n) is 7.11. The first kappa shape index (κ1) is 16.9. The molecule has 0 aliphatic rings. The molecule has 3 amide bonds. The maximum atomic E-state index is 12.2. The zero-order valence-corrected chi connectivity index (χ0v) is 12.9.